The van der Waals surface area contributed by atoms with Crippen molar-refractivity contribution >= 4 is 11.5 Å². The van der Waals surface area contributed by atoms with E-state index >= 15 is 0 Å². The quantitative estimate of drug-likeness (QED) is 0.448. The van der Waals surface area contributed by atoms with E-state index in [9.17, 15) is 9.18 Å². The summed E-state index contributed by atoms with van der Waals surface area (Å²) in [6, 6.07) is 6.39. The Bertz CT molecular complexity index is 475. The first-order valence-electron chi connectivity index (χ1n) is 6.49. The first-order chi connectivity index (χ1) is 9.13. The highest BCUT2D eigenvalue weighted by molar-refractivity contribution is 5.80. The van der Waals surface area contributed by atoms with Crippen LogP contribution in [-0.4, -0.2) is 11.1 Å². The van der Waals surface area contributed by atoms with Gasteiger partial charge in [0, 0.05) is 6.08 Å². The molecule has 19 heavy (non-hydrogen) atoms. The molecule has 1 rings (SSSR count). The third-order valence-electron chi connectivity index (χ3n) is 2.78. The average Bonchev–Trinajstić information content (AvgIpc) is 2.37. The Balaban J connectivity index is 2.88. The summed E-state index contributed by atoms with van der Waals surface area (Å²) < 4.78 is 13.2. The van der Waals surface area contributed by atoms with Crippen LogP contribution >= 0.6 is 0 Å². The smallest absolute Gasteiger partial charge is 0.328 e. The standard InChI is InChI=1S/C16H19FO2/c1-2-3-4-7-13(8-6-11-16(18)19)14-9-5-10-15(17)12-14/h5-6,8-12H,2-4,7H2,1H3,(H,18,19)/b11-6+,13-8-. The molecule has 1 aromatic carbocycles. The van der Waals surface area contributed by atoms with Crippen molar-refractivity contribution in [2.45, 2.75) is 32.6 Å². The van der Waals surface area contributed by atoms with E-state index in [-0.39, 0.29) is 5.82 Å². The van der Waals surface area contributed by atoms with Gasteiger partial charge in [-0.15, -0.1) is 0 Å². The predicted octanol–water partition coefficient (Wildman–Crippen LogP) is 4.43. The molecule has 0 fully saturated rings. The number of carboxylic acids is 1. The van der Waals surface area contributed by atoms with Gasteiger partial charge in [0.25, 0.3) is 0 Å². The lowest BCUT2D eigenvalue weighted by Crippen LogP contribution is -1.88. The Morgan fingerprint density at radius 1 is 1.37 bits per heavy atom. The normalized spacial score (nSPS) is 12.0. The van der Waals surface area contributed by atoms with Gasteiger partial charge in [-0.2, -0.15) is 0 Å². The van der Waals surface area contributed by atoms with Crippen molar-refractivity contribution in [3.8, 4) is 0 Å². The monoisotopic (exact) mass is 262 g/mol. The number of benzene rings is 1. The molecule has 1 N–H and O–H groups in total. The predicted molar refractivity (Wildman–Crippen MR) is 75.3 cm³/mol. The number of carbonyl (C=O) groups is 1. The molecule has 0 radical (unpaired) electrons. The van der Waals surface area contributed by atoms with E-state index in [2.05, 4.69) is 6.92 Å². The number of aliphatic carboxylic acids is 1. The molecule has 0 heterocycles. The lowest BCUT2D eigenvalue weighted by Gasteiger charge is -2.07. The Hall–Kier alpha value is -1.90. The van der Waals surface area contributed by atoms with Crippen LogP contribution in [0.4, 0.5) is 4.39 Å². The molecular weight excluding hydrogens is 243 g/mol. The minimum atomic E-state index is -0.983. The van der Waals surface area contributed by atoms with Crippen molar-refractivity contribution in [2.75, 3.05) is 0 Å². The van der Waals surface area contributed by atoms with Gasteiger partial charge in [0.2, 0.25) is 0 Å². The lowest BCUT2D eigenvalue weighted by molar-refractivity contribution is -0.131. The number of hydrogen-bond donors (Lipinski definition) is 1. The SMILES string of the molecule is CCCCC/C(=C/C=C/C(=O)O)c1cccc(F)c1. The van der Waals surface area contributed by atoms with Crippen LogP contribution in [0.2, 0.25) is 0 Å². The maximum absolute atomic E-state index is 13.2. The summed E-state index contributed by atoms with van der Waals surface area (Å²) >= 11 is 0. The molecule has 0 aliphatic heterocycles. The fraction of sp³-hybridized carbons (Fsp3) is 0.312. The zero-order valence-corrected chi connectivity index (χ0v) is 11.1. The molecular formula is C16H19FO2. The maximum Gasteiger partial charge on any atom is 0.328 e. The van der Waals surface area contributed by atoms with Gasteiger partial charge >= 0.3 is 5.97 Å². The van der Waals surface area contributed by atoms with Crippen LogP contribution < -0.4 is 0 Å². The Morgan fingerprint density at radius 2 is 2.16 bits per heavy atom. The van der Waals surface area contributed by atoms with E-state index in [1.165, 1.54) is 18.2 Å². The molecule has 0 amide bonds. The number of halogens is 1. The summed E-state index contributed by atoms with van der Waals surface area (Å²) in [6.07, 6.45) is 8.38. The second kappa shape index (κ2) is 8.25. The first-order valence-corrected chi connectivity index (χ1v) is 6.49. The average molecular weight is 262 g/mol. The number of allylic oxidation sites excluding steroid dienone is 3. The van der Waals surface area contributed by atoms with E-state index in [4.69, 9.17) is 5.11 Å². The summed E-state index contributed by atoms with van der Waals surface area (Å²) in [7, 11) is 0. The van der Waals surface area contributed by atoms with Crippen LogP contribution in [0, 0.1) is 5.82 Å². The minimum Gasteiger partial charge on any atom is -0.478 e. The molecule has 0 saturated heterocycles. The van der Waals surface area contributed by atoms with Gasteiger partial charge in [-0.1, -0.05) is 44.1 Å². The van der Waals surface area contributed by atoms with Crippen molar-refractivity contribution in [1.82, 2.24) is 0 Å². The third-order valence-corrected chi connectivity index (χ3v) is 2.78. The number of unbranched alkanes of at least 4 members (excludes halogenated alkanes) is 2. The van der Waals surface area contributed by atoms with Crippen molar-refractivity contribution in [3.63, 3.8) is 0 Å². The second-order valence-electron chi connectivity index (χ2n) is 4.36. The van der Waals surface area contributed by atoms with Crippen molar-refractivity contribution in [1.29, 1.82) is 0 Å². The maximum atomic E-state index is 13.2. The van der Waals surface area contributed by atoms with Gasteiger partial charge in [0.1, 0.15) is 5.82 Å². The number of rotatable bonds is 7. The van der Waals surface area contributed by atoms with Gasteiger partial charge < -0.3 is 5.11 Å². The summed E-state index contributed by atoms with van der Waals surface area (Å²) in [5.74, 6) is -1.26. The van der Waals surface area contributed by atoms with Crippen LogP contribution in [0.15, 0.2) is 42.5 Å². The Morgan fingerprint density at radius 3 is 2.79 bits per heavy atom. The fourth-order valence-electron chi connectivity index (χ4n) is 1.82. The number of hydrogen-bond acceptors (Lipinski definition) is 1. The minimum absolute atomic E-state index is 0.277. The highest BCUT2D eigenvalue weighted by Gasteiger charge is 2.02. The van der Waals surface area contributed by atoms with Gasteiger partial charge in [-0.05, 0) is 36.1 Å². The van der Waals surface area contributed by atoms with Crippen molar-refractivity contribution < 1.29 is 14.3 Å². The van der Waals surface area contributed by atoms with Crippen LogP contribution in [0.3, 0.4) is 0 Å². The largest absolute Gasteiger partial charge is 0.478 e. The summed E-state index contributed by atoms with van der Waals surface area (Å²) in [4.78, 5) is 10.5. The molecule has 102 valence electrons. The van der Waals surface area contributed by atoms with E-state index in [1.807, 2.05) is 6.07 Å². The molecule has 0 atom stereocenters. The second-order valence-corrected chi connectivity index (χ2v) is 4.36. The van der Waals surface area contributed by atoms with Gasteiger partial charge in [0.15, 0.2) is 0 Å². The molecule has 0 spiro atoms. The van der Waals surface area contributed by atoms with Crippen LogP contribution in [0.5, 0.6) is 0 Å². The van der Waals surface area contributed by atoms with E-state index in [1.54, 1.807) is 12.1 Å². The Kier molecular flexibility index (Phi) is 6.58. The molecule has 3 heteroatoms. The zero-order valence-electron chi connectivity index (χ0n) is 11.1. The lowest BCUT2D eigenvalue weighted by atomic mass is 9.99. The van der Waals surface area contributed by atoms with Crippen LogP contribution in [-0.2, 0) is 4.79 Å². The third kappa shape index (κ3) is 6.00. The summed E-state index contributed by atoms with van der Waals surface area (Å²) in [5, 5.41) is 8.58. The molecule has 0 unspecified atom stereocenters. The van der Waals surface area contributed by atoms with E-state index in [0.717, 1.165) is 42.9 Å². The first kappa shape index (κ1) is 15.2. The molecule has 2 nitrogen and oxygen atoms in total. The van der Waals surface area contributed by atoms with Crippen LogP contribution in [0.25, 0.3) is 5.57 Å². The molecule has 0 saturated carbocycles. The molecule has 0 aromatic heterocycles. The van der Waals surface area contributed by atoms with Gasteiger partial charge in [-0.3, -0.25) is 0 Å². The highest BCUT2D eigenvalue weighted by Crippen LogP contribution is 2.22. The fourth-order valence-corrected chi connectivity index (χ4v) is 1.82. The number of carboxylic acid groups (broad SMARTS) is 1. The van der Waals surface area contributed by atoms with Crippen molar-refractivity contribution in [3.05, 3.63) is 53.9 Å². The molecule has 0 aliphatic rings. The zero-order chi connectivity index (χ0) is 14.1. The molecule has 0 aliphatic carbocycles. The van der Waals surface area contributed by atoms with Gasteiger partial charge in [0.05, 0.1) is 0 Å². The summed E-state index contributed by atoms with van der Waals surface area (Å²) in [5.41, 5.74) is 1.77. The van der Waals surface area contributed by atoms with E-state index < -0.39 is 5.97 Å². The van der Waals surface area contributed by atoms with Gasteiger partial charge in [-0.25, -0.2) is 9.18 Å². The van der Waals surface area contributed by atoms with Crippen molar-refractivity contribution in [2.24, 2.45) is 0 Å². The van der Waals surface area contributed by atoms with Crippen LogP contribution in [0.1, 0.15) is 38.2 Å². The topological polar surface area (TPSA) is 37.3 Å². The Labute approximate surface area is 113 Å². The molecule has 0 bridgehead atoms. The van der Waals surface area contributed by atoms with E-state index in [0.29, 0.717) is 0 Å². The molecule has 1 aromatic rings. The highest BCUT2D eigenvalue weighted by atomic mass is 19.1. The summed E-state index contributed by atoms with van der Waals surface area (Å²) in [6.45, 7) is 2.12.